The lowest BCUT2D eigenvalue weighted by Crippen LogP contribution is -2.46. The first-order valence-corrected chi connectivity index (χ1v) is 8.74. The van der Waals surface area contributed by atoms with Crippen LogP contribution < -0.4 is 4.74 Å². The van der Waals surface area contributed by atoms with Crippen LogP contribution >= 0.6 is 0 Å². The maximum absolute atomic E-state index is 12.9. The van der Waals surface area contributed by atoms with Gasteiger partial charge in [-0.1, -0.05) is 30.3 Å². The van der Waals surface area contributed by atoms with Crippen molar-refractivity contribution in [2.75, 3.05) is 0 Å². The van der Waals surface area contributed by atoms with Gasteiger partial charge in [0, 0.05) is 24.0 Å². The number of phenolic OH excluding ortho intramolecular Hbond substituents is 2. The van der Waals surface area contributed by atoms with Crippen LogP contribution in [-0.4, -0.2) is 32.8 Å². The second-order valence-corrected chi connectivity index (χ2v) is 7.34. The molecular weight excluding hydrogens is 332 g/mol. The molecule has 5 heteroatoms. The van der Waals surface area contributed by atoms with Crippen LogP contribution in [0.4, 0.5) is 0 Å². The molecule has 0 amide bonds. The standard InChI is InChI=1S/C21H24O5/c1-12-18(24)14-11-16(23)21(2,3)26-20(14)17(19(12)25)15(22)10-9-13-7-5-4-6-8-13/h4-8,16,23-25H,9-11H2,1-3H3. The third kappa shape index (κ3) is 3.15. The predicted octanol–water partition coefficient (Wildman–Crippen LogP) is 3.30. The summed E-state index contributed by atoms with van der Waals surface area (Å²) < 4.78 is 5.86. The smallest absolute Gasteiger partial charge is 0.170 e. The maximum Gasteiger partial charge on any atom is 0.170 e. The van der Waals surface area contributed by atoms with Gasteiger partial charge in [-0.05, 0) is 32.8 Å². The summed E-state index contributed by atoms with van der Waals surface area (Å²) in [5, 5.41) is 31.1. The van der Waals surface area contributed by atoms with Crippen LogP contribution in [0.1, 0.15) is 47.3 Å². The van der Waals surface area contributed by atoms with Gasteiger partial charge >= 0.3 is 0 Å². The minimum atomic E-state index is -0.921. The average molecular weight is 356 g/mol. The quantitative estimate of drug-likeness (QED) is 0.732. The van der Waals surface area contributed by atoms with Crippen molar-refractivity contribution in [3.63, 3.8) is 0 Å². The Kier molecular flexibility index (Phi) is 4.67. The van der Waals surface area contributed by atoms with E-state index in [4.69, 9.17) is 4.74 Å². The van der Waals surface area contributed by atoms with E-state index in [-0.39, 0.29) is 47.0 Å². The Balaban J connectivity index is 2.00. The van der Waals surface area contributed by atoms with Gasteiger partial charge in [0.15, 0.2) is 5.78 Å². The van der Waals surface area contributed by atoms with Gasteiger partial charge in [0.05, 0.1) is 6.10 Å². The first kappa shape index (κ1) is 18.3. The summed E-state index contributed by atoms with van der Waals surface area (Å²) in [5.74, 6) is -0.463. The molecule has 3 N–H and O–H groups in total. The highest BCUT2D eigenvalue weighted by Gasteiger charge is 2.40. The molecule has 1 atom stereocenters. The molecule has 5 nitrogen and oxygen atoms in total. The summed E-state index contributed by atoms with van der Waals surface area (Å²) in [6, 6.07) is 9.63. The molecule has 2 aromatic rings. The van der Waals surface area contributed by atoms with E-state index in [2.05, 4.69) is 0 Å². The van der Waals surface area contributed by atoms with Gasteiger partial charge < -0.3 is 20.1 Å². The Bertz CT molecular complexity index is 839. The normalized spacial score (nSPS) is 18.1. The summed E-state index contributed by atoms with van der Waals surface area (Å²) in [5.41, 5.74) is 0.792. The Morgan fingerprint density at radius 1 is 1.19 bits per heavy atom. The van der Waals surface area contributed by atoms with Crippen LogP contribution in [0.5, 0.6) is 17.2 Å². The molecule has 0 radical (unpaired) electrons. The molecule has 0 aliphatic carbocycles. The van der Waals surface area contributed by atoms with Crippen molar-refractivity contribution >= 4 is 5.78 Å². The van der Waals surface area contributed by atoms with E-state index in [1.54, 1.807) is 20.8 Å². The zero-order valence-corrected chi connectivity index (χ0v) is 15.2. The van der Waals surface area contributed by atoms with E-state index in [1.165, 1.54) is 0 Å². The van der Waals surface area contributed by atoms with Crippen molar-refractivity contribution < 1.29 is 24.9 Å². The number of fused-ring (bicyclic) bond motifs is 1. The number of aliphatic hydroxyl groups is 1. The molecule has 0 fully saturated rings. The van der Waals surface area contributed by atoms with E-state index in [9.17, 15) is 20.1 Å². The lowest BCUT2D eigenvalue weighted by atomic mass is 9.86. The third-order valence-corrected chi connectivity index (χ3v) is 5.06. The van der Waals surface area contributed by atoms with E-state index < -0.39 is 11.7 Å². The van der Waals surface area contributed by atoms with Crippen molar-refractivity contribution in [3.8, 4) is 17.2 Å². The van der Waals surface area contributed by atoms with Gasteiger partial charge in [0.1, 0.15) is 28.4 Å². The molecule has 2 aromatic carbocycles. The molecule has 3 rings (SSSR count). The molecule has 26 heavy (non-hydrogen) atoms. The first-order chi connectivity index (χ1) is 12.2. The van der Waals surface area contributed by atoms with Gasteiger partial charge in [-0.3, -0.25) is 4.79 Å². The summed E-state index contributed by atoms with van der Waals surface area (Å²) in [4.78, 5) is 12.9. The first-order valence-electron chi connectivity index (χ1n) is 8.74. The zero-order chi connectivity index (χ0) is 19.1. The number of benzene rings is 2. The number of carbonyl (C=O) groups excluding carboxylic acids is 1. The van der Waals surface area contributed by atoms with Crippen LogP contribution in [0.2, 0.25) is 0 Å². The minimum Gasteiger partial charge on any atom is -0.507 e. The van der Waals surface area contributed by atoms with Gasteiger partial charge in [0.2, 0.25) is 0 Å². The van der Waals surface area contributed by atoms with Crippen LogP contribution in [0.25, 0.3) is 0 Å². The minimum absolute atomic E-state index is 0.0891. The Morgan fingerprint density at radius 3 is 2.50 bits per heavy atom. The van der Waals surface area contributed by atoms with Crippen molar-refractivity contribution in [1.29, 1.82) is 0 Å². The number of ketones is 1. The summed E-state index contributed by atoms with van der Waals surface area (Å²) in [6.45, 7) is 4.98. The molecule has 0 saturated carbocycles. The summed E-state index contributed by atoms with van der Waals surface area (Å²) in [7, 11) is 0. The second-order valence-electron chi connectivity index (χ2n) is 7.34. The molecule has 0 bridgehead atoms. The monoisotopic (exact) mass is 356 g/mol. The van der Waals surface area contributed by atoms with Crippen LogP contribution in [-0.2, 0) is 12.8 Å². The van der Waals surface area contributed by atoms with Crippen LogP contribution in [0, 0.1) is 6.92 Å². The Hall–Kier alpha value is -2.53. The highest BCUT2D eigenvalue weighted by molar-refractivity contribution is 6.02. The fourth-order valence-corrected chi connectivity index (χ4v) is 3.25. The van der Waals surface area contributed by atoms with E-state index in [1.807, 2.05) is 30.3 Å². The number of aryl methyl sites for hydroxylation is 1. The molecule has 0 saturated heterocycles. The molecule has 1 unspecified atom stereocenters. The fourth-order valence-electron chi connectivity index (χ4n) is 3.25. The largest absolute Gasteiger partial charge is 0.507 e. The molecule has 1 aliphatic heterocycles. The van der Waals surface area contributed by atoms with Gasteiger partial charge in [-0.15, -0.1) is 0 Å². The predicted molar refractivity (Wildman–Crippen MR) is 98.0 cm³/mol. The Labute approximate surface area is 152 Å². The summed E-state index contributed by atoms with van der Waals surface area (Å²) >= 11 is 0. The number of hydrogen-bond donors (Lipinski definition) is 3. The molecule has 1 aliphatic rings. The SMILES string of the molecule is Cc1c(O)c2c(c(C(=O)CCc3ccccc3)c1O)OC(C)(C)C(O)C2. The lowest BCUT2D eigenvalue weighted by molar-refractivity contribution is -0.0422. The van der Waals surface area contributed by atoms with Gasteiger partial charge in [0.25, 0.3) is 0 Å². The number of aliphatic hydroxyl groups excluding tert-OH is 1. The Morgan fingerprint density at radius 2 is 1.85 bits per heavy atom. The third-order valence-electron chi connectivity index (χ3n) is 5.06. The van der Waals surface area contributed by atoms with Crippen molar-refractivity contribution in [3.05, 3.63) is 52.6 Å². The topological polar surface area (TPSA) is 87.0 Å². The number of carbonyl (C=O) groups is 1. The average Bonchev–Trinajstić information content (AvgIpc) is 2.61. The van der Waals surface area contributed by atoms with Crippen molar-refractivity contribution in [1.82, 2.24) is 0 Å². The number of ether oxygens (including phenoxy) is 1. The maximum atomic E-state index is 12.9. The molecule has 0 aromatic heterocycles. The van der Waals surface area contributed by atoms with E-state index in [0.717, 1.165) is 5.56 Å². The molecular formula is C21H24O5. The molecule has 138 valence electrons. The number of phenols is 2. The lowest BCUT2D eigenvalue weighted by Gasteiger charge is -2.38. The fraction of sp³-hybridized carbons (Fsp3) is 0.381. The number of rotatable bonds is 4. The van der Waals surface area contributed by atoms with Gasteiger partial charge in [-0.25, -0.2) is 0 Å². The van der Waals surface area contributed by atoms with E-state index in [0.29, 0.717) is 12.0 Å². The molecule has 1 heterocycles. The van der Waals surface area contributed by atoms with Crippen molar-refractivity contribution in [2.45, 2.75) is 51.7 Å². The van der Waals surface area contributed by atoms with Gasteiger partial charge in [-0.2, -0.15) is 0 Å². The highest BCUT2D eigenvalue weighted by Crippen LogP contribution is 2.47. The molecule has 0 spiro atoms. The second kappa shape index (κ2) is 6.65. The van der Waals surface area contributed by atoms with Crippen LogP contribution in [0.15, 0.2) is 30.3 Å². The zero-order valence-electron chi connectivity index (χ0n) is 15.2. The van der Waals surface area contributed by atoms with E-state index >= 15 is 0 Å². The van der Waals surface area contributed by atoms with Crippen molar-refractivity contribution in [2.24, 2.45) is 0 Å². The van der Waals surface area contributed by atoms with Crippen LogP contribution in [0.3, 0.4) is 0 Å². The summed E-state index contributed by atoms with van der Waals surface area (Å²) in [6.07, 6.45) is 0.0892. The highest BCUT2D eigenvalue weighted by atomic mass is 16.5. The number of Topliss-reactive ketones (excluding diaryl/α,β-unsaturated/α-hetero) is 1. The number of aromatic hydroxyl groups is 2. The number of hydrogen-bond acceptors (Lipinski definition) is 5.